The fourth-order valence-corrected chi connectivity index (χ4v) is 3.64. The molecule has 3 heteroatoms. The van der Waals surface area contributed by atoms with E-state index < -0.39 is 5.60 Å². The number of Topliss-reactive ketones (excluding diaryl/α,β-unsaturated/α-hetero) is 1. The van der Waals surface area contributed by atoms with Crippen LogP contribution in [0.3, 0.4) is 0 Å². The molecule has 0 radical (unpaired) electrons. The first-order chi connectivity index (χ1) is 11.1. The third kappa shape index (κ3) is 3.07. The normalized spacial score (nSPS) is 19.9. The molecule has 126 valence electrons. The first-order valence-corrected chi connectivity index (χ1v) is 8.87. The molecule has 0 bridgehead atoms. The Balaban J connectivity index is 0.000000924. The maximum Gasteiger partial charge on any atom is 0.133 e. The SMILES string of the molecule is CC.CCc1cccc2c3c([nH]c12)C(CC)(CC(C)=O)OCC3. The van der Waals surface area contributed by atoms with Crippen LogP contribution < -0.4 is 0 Å². The van der Waals surface area contributed by atoms with Gasteiger partial charge < -0.3 is 9.72 Å². The van der Waals surface area contributed by atoms with Gasteiger partial charge in [0.25, 0.3) is 0 Å². The standard InChI is InChI=1S/C18H23NO2.C2H6/c1-4-13-7-6-8-14-15-9-10-21-18(5-2,11-12(3)20)17(15)19-16(13)14;1-2/h6-8,19H,4-5,9-11H2,1-3H3;1-2H3. The molecule has 1 N–H and O–H groups in total. The van der Waals surface area contributed by atoms with Crippen molar-refractivity contribution >= 4 is 16.7 Å². The van der Waals surface area contributed by atoms with Gasteiger partial charge in [0.15, 0.2) is 0 Å². The Morgan fingerprint density at radius 1 is 1.30 bits per heavy atom. The van der Waals surface area contributed by atoms with Crippen LogP contribution >= 0.6 is 0 Å². The number of hydrogen-bond acceptors (Lipinski definition) is 2. The number of aromatic amines is 1. The molecule has 1 unspecified atom stereocenters. The van der Waals surface area contributed by atoms with E-state index in [1.165, 1.54) is 22.0 Å². The van der Waals surface area contributed by atoms with Crippen LogP contribution in [0.25, 0.3) is 10.9 Å². The number of ketones is 1. The summed E-state index contributed by atoms with van der Waals surface area (Å²) >= 11 is 0. The number of fused-ring (bicyclic) bond motifs is 3. The van der Waals surface area contributed by atoms with Crippen LogP contribution in [0.15, 0.2) is 18.2 Å². The molecule has 0 saturated heterocycles. The summed E-state index contributed by atoms with van der Waals surface area (Å²) in [6, 6.07) is 6.48. The van der Waals surface area contributed by atoms with Gasteiger partial charge in [-0.3, -0.25) is 4.79 Å². The Morgan fingerprint density at radius 3 is 2.65 bits per heavy atom. The number of carbonyl (C=O) groups is 1. The number of para-hydroxylation sites is 1. The van der Waals surface area contributed by atoms with E-state index in [1.807, 2.05) is 13.8 Å². The van der Waals surface area contributed by atoms with Crippen LogP contribution in [-0.4, -0.2) is 17.4 Å². The van der Waals surface area contributed by atoms with Crippen molar-refractivity contribution in [2.45, 2.75) is 65.9 Å². The van der Waals surface area contributed by atoms with Crippen LogP contribution in [0.2, 0.25) is 0 Å². The van der Waals surface area contributed by atoms with Gasteiger partial charge in [0, 0.05) is 17.3 Å². The van der Waals surface area contributed by atoms with E-state index >= 15 is 0 Å². The number of aryl methyl sites for hydroxylation is 1. The van der Waals surface area contributed by atoms with Crippen LogP contribution in [0.1, 0.15) is 64.3 Å². The maximum absolute atomic E-state index is 11.7. The van der Waals surface area contributed by atoms with Gasteiger partial charge in [0.2, 0.25) is 0 Å². The number of rotatable bonds is 4. The van der Waals surface area contributed by atoms with Crippen molar-refractivity contribution in [1.29, 1.82) is 0 Å². The molecule has 1 aliphatic heterocycles. The fraction of sp³-hybridized carbons (Fsp3) is 0.550. The monoisotopic (exact) mass is 315 g/mol. The highest BCUT2D eigenvalue weighted by molar-refractivity contribution is 5.88. The Bertz CT molecular complexity index is 686. The highest BCUT2D eigenvalue weighted by atomic mass is 16.5. The molecule has 1 aromatic heterocycles. The number of H-pyrrole nitrogens is 1. The molecule has 0 saturated carbocycles. The van der Waals surface area contributed by atoms with E-state index in [-0.39, 0.29) is 5.78 Å². The van der Waals surface area contributed by atoms with Crippen LogP contribution in [0.5, 0.6) is 0 Å². The lowest BCUT2D eigenvalue weighted by molar-refractivity contribution is -0.128. The zero-order valence-electron chi connectivity index (χ0n) is 15.1. The number of benzene rings is 1. The van der Waals surface area contributed by atoms with Gasteiger partial charge in [-0.05, 0) is 37.3 Å². The van der Waals surface area contributed by atoms with Crippen molar-refractivity contribution in [3.8, 4) is 0 Å². The number of carbonyl (C=O) groups excluding carboxylic acids is 1. The molecule has 2 heterocycles. The van der Waals surface area contributed by atoms with E-state index in [0.29, 0.717) is 13.0 Å². The molecule has 3 rings (SSSR count). The van der Waals surface area contributed by atoms with E-state index in [2.05, 4.69) is 37.0 Å². The number of hydrogen-bond donors (Lipinski definition) is 1. The minimum atomic E-state index is -0.469. The Hall–Kier alpha value is -1.61. The van der Waals surface area contributed by atoms with E-state index in [4.69, 9.17) is 4.74 Å². The van der Waals surface area contributed by atoms with E-state index in [0.717, 1.165) is 25.0 Å². The van der Waals surface area contributed by atoms with Gasteiger partial charge in [-0.1, -0.05) is 45.9 Å². The zero-order chi connectivity index (χ0) is 17.0. The lowest BCUT2D eigenvalue weighted by Crippen LogP contribution is -2.36. The highest BCUT2D eigenvalue weighted by Gasteiger charge is 2.39. The highest BCUT2D eigenvalue weighted by Crippen LogP contribution is 2.42. The predicted molar refractivity (Wildman–Crippen MR) is 95.9 cm³/mol. The summed E-state index contributed by atoms with van der Waals surface area (Å²) in [5, 5.41) is 1.30. The molecule has 0 fully saturated rings. The first kappa shape index (κ1) is 17.7. The van der Waals surface area contributed by atoms with Gasteiger partial charge in [0.1, 0.15) is 11.4 Å². The van der Waals surface area contributed by atoms with Crippen LogP contribution in [0.4, 0.5) is 0 Å². The molecular formula is C20H29NO2. The van der Waals surface area contributed by atoms with Crippen molar-refractivity contribution in [3.05, 3.63) is 35.0 Å². The van der Waals surface area contributed by atoms with Crippen molar-refractivity contribution in [2.24, 2.45) is 0 Å². The molecule has 1 atom stereocenters. The summed E-state index contributed by atoms with van der Waals surface area (Å²) < 4.78 is 6.10. The minimum absolute atomic E-state index is 0.180. The summed E-state index contributed by atoms with van der Waals surface area (Å²) in [6.45, 7) is 10.6. The van der Waals surface area contributed by atoms with Gasteiger partial charge in [-0.2, -0.15) is 0 Å². The lowest BCUT2D eigenvalue weighted by atomic mass is 9.85. The quantitative estimate of drug-likeness (QED) is 0.870. The first-order valence-electron chi connectivity index (χ1n) is 8.87. The number of ether oxygens (including phenoxy) is 1. The molecule has 0 spiro atoms. The molecule has 2 aromatic rings. The van der Waals surface area contributed by atoms with Crippen molar-refractivity contribution in [2.75, 3.05) is 6.61 Å². The summed E-state index contributed by atoms with van der Waals surface area (Å²) in [5.74, 6) is 0.180. The van der Waals surface area contributed by atoms with Gasteiger partial charge in [-0.25, -0.2) is 0 Å². The molecule has 3 nitrogen and oxygen atoms in total. The molecule has 0 amide bonds. The van der Waals surface area contributed by atoms with Crippen molar-refractivity contribution in [3.63, 3.8) is 0 Å². The van der Waals surface area contributed by atoms with E-state index in [1.54, 1.807) is 6.92 Å². The second-order valence-corrected chi connectivity index (χ2v) is 6.00. The van der Waals surface area contributed by atoms with Crippen LogP contribution in [-0.2, 0) is 28.0 Å². The molecule has 0 aliphatic carbocycles. The summed E-state index contributed by atoms with van der Waals surface area (Å²) in [7, 11) is 0. The largest absolute Gasteiger partial charge is 0.368 e. The second-order valence-electron chi connectivity index (χ2n) is 6.00. The van der Waals surface area contributed by atoms with Gasteiger partial charge in [0.05, 0.1) is 12.3 Å². The summed E-state index contributed by atoms with van der Waals surface area (Å²) in [5.41, 5.74) is 4.55. The lowest BCUT2D eigenvalue weighted by Gasteiger charge is -2.36. The Kier molecular flexibility index (Phi) is 5.64. The van der Waals surface area contributed by atoms with E-state index in [9.17, 15) is 4.79 Å². The average molecular weight is 315 g/mol. The number of nitrogens with one attached hydrogen (secondary N) is 1. The second kappa shape index (κ2) is 7.31. The molecule has 1 aromatic carbocycles. The maximum atomic E-state index is 11.7. The van der Waals surface area contributed by atoms with Crippen LogP contribution in [0, 0.1) is 0 Å². The summed E-state index contributed by atoms with van der Waals surface area (Å²) in [4.78, 5) is 15.3. The van der Waals surface area contributed by atoms with Crippen molar-refractivity contribution in [1.82, 2.24) is 4.98 Å². The molecule has 23 heavy (non-hydrogen) atoms. The van der Waals surface area contributed by atoms with Crippen molar-refractivity contribution < 1.29 is 9.53 Å². The average Bonchev–Trinajstić information content (AvgIpc) is 2.96. The fourth-order valence-electron chi connectivity index (χ4n) is 3.64. The zero-order valence-corrected chi connectivity index (χ0v) is 15.1. The van der Waals surface area contributed by atoms with Gasteiger partial charge >= 0.3 is 0 Å². The Labute approximate surface area is 139 Å². The molecular weight excluding hydrogens is 286 g/mol. The third-order valence-corrected chi connectivity index (χ3v) is 4.70. The Morgan fingerprint density at radius 2 is 2.04 bits per heavy atom. The third-order valence-electron chi connectivity index (χ3n) is 4.70. The number of aromatic nitrogens is 1. The van der Waals surface area contributed by atoms with Gasteiger partial charge in [-0.15, -0.1) is 0 Å². The smallest absolute Gasteiger partial charge is 0.133 e. The molecule has 1 aliphatic rings. The topological polar surface area (TPSA) is 42.1 Å². The predicted octanol–water partition coefficient (Wildman–Crippen LogP) is 4.91. The summed E-state index contributed by atoms with van der Waals surface area (Å²) in [6.07, 6.45) is 3.18. The minimum Gasteiger partial charge on any atom is -0.368 e.